The number of carbonyl (C=O) groups is 1. The molecule has 0 amide bonds. The minimum Gasteiger partial charge on any atom is -0.461 e. The summed E-state index contributed by atoms with van der Waals surface area (Å²) in [4.78, 5) is 16.3. The molecule has 0 aromatic carbocycles. The van der Waals surface area contributed by atoms with Crippen LogP contribution in [0.4, 0.5) is 0 Å². The van der Waals surface area contributed by atoms with Gasteiger partial charge in [-0.25, -0.2) is 9.78 Å². The molecule has 5 nitrogen and oxygen atoms in total. The van der Waals surface area contributed by atoms with Gasteiger partial charge in [-0.3, -0.25) is 4.40 Å². The van der Waals surface area contributed by atoms with E-state index in [1.54, 1.807) is 13.0 Å². The van der Waals surface area contributed by atoms with Crippen LogP contribution < -0.4 is 0 Å². The smallest absolute Gasteiger partial charge is 0.355 e. The summed E-state index contributed by atoms with van der Waals surface area (Å²) < 4.78 is 7.74. The highest BCUT2D eigenvalue weighted by Gasteiger charge is 2.18. The fourth-order valence-electron chi connectivity index (χ4n) is 2.06. The number of esters is 1. The van der Waals surface area contributed by atoms with Gasteiger partial charge < -0.3 is 9.22 Å². The van der Waals surface area contributed by atoms with E-state index in [2.05, 4.69) is 26.1 Å². The first-order chi connectivity index (χ1) is 8.92. The van der Waals surface area contributed by atoms with Gasteiger partial charge in [-0.1, -0.05) is 6.07 Å². The zero-order valence-electron chi connectivity index (χ0n) is 11.9. The molecule has 0 bridgehead atoms. The molecule has 2 heterocycles. The lowest BCUT2D eigenvalue weighted by molar-refractivity contribution is -0.884. The fraction of sp³-hybridized carbons (Fsp3) is 0.429. The molecule has 2 aromatic heterocycles. The van der Waals surface area contributed by atoms with Gasteiger partial charge in [-0.2, -0.15) is 0 Å². The second-order valence-electron chi connectivity index (χ2n) is 5.52. The standard InChI is InChI=1S/C14H20N3O2/c1-5-19-14(18)12-7-6-8-13-15-9-11(16(12)13)10-17(2,3)4/h6-9H,5,10H2,1-4H3/q+1. The van der Waals surface area contributed by atoms with Crippen molar-refractivity contribution in [2.75, 3.05) is 27.7 Å². The summed E-state index contributed by atoms with van der Waals surface area (Å²) in [6.07, 6.45) is 1.82. The van der Waals surface area contributed by atoms with Crippen LogP contribution in [0.3, 0.4) is 0 Å². The van der Waals surface area contributed by atoms with Crippen LogP contribution in [-0.4, -0.2) is 47.6 Å². The van der Waals surface area contributed by atoms with Gasteiger partial charge in [0.05, 0.1) is 39.6 Å². The second kappa shape index (κ2) is 5.01. The number of rotatable bonds is 4. The highest BCUT2D eigenvalue weighted by atomic mass is 16.5. The molecule has 0 saturated heterocycles. The van der Waals surface area contributed by atoms with Crippen molar-refractivity contribution in [3.05, 3.63) is 35.8 Å². The van der Waals surface area contributed by atoms with E-state index >= 15 is 0 Å². The first kappa shape index (κ1) is 13.5. The molecule has 0 spiro atoms. The van der Waals surface area contributed by atoms with Crippen LogP contribution in [0.5, 0.6) is 0 Å². The van der Waals surface area contributed by atoms with E-state index in [1.165, 1.54) is 0 Å². The SMILES string of the molecule is CCOC(=O)c1cccc2ncc(C[N+](C)(C)C)n12. The summed E-state index contributed by atoms with van der Waals surface area (Å²) >= 11 is 0. The molecule has 5 heteroatoms. The number of aromatic nitrogens is 2. The molecule has 0 N–H and O–H groups in total. The molecule has 0 unspecified atom stereocenters. The van der Waals surface area contributed by atoms with Crippen LogP contribution in [-0.2, 0) is 11.3 Å². The highest BCUT2D eigenvalue weighted by Crippen LogP contribution is 2.14. The molecule has 0 atom stereocenters. The van der Waals surface area contributed by atoms with E-state index in [0.717, 1.165) is 22.4 Å². The molecule has 19 heavy (non-hydrogen) atoms. The fourth-order valence-corrected chi connectivity index (χ4v) is 2.06. The van der Waals surface area contributed by atoms with Crippen molar-refractivity contribution >= 4 is 11.6 Å². The molecule has 0 radical (unpaired) electrons. The van der Waals surface area contributed by atoms with Crippen LogP contribution in [0.25, 0.3) is 5.65 Å². The van der Waals surface area contributed by atoms with E-state index in [1.807, 2.05) is 22.7 Å². The van der Waals surface area contributed by atoms with Crippen LogP contribution >= 0.6 is 0 Å². The second-order valence-corrected chi connectivity index (χ2v) is 5.52. The molecular weight excluding hydrogens is 242 g/mol. The Morgan fingerprint density at radius 1 is 1.37 bits per heavy atom. The number of ether oxygens (including phenoxy) is 1. The van der Waals surface area contributed by atoms with Gasteiger partial charge in [0.2, 0.25) is 0 Å². The average Bonchev–Trinajstić information content (AvgIpc) is 2.70. The van der Waals surface area contributed by atoms with Gasteiger partial charge in [0.1, 0.15) is 17.9 Å². The van der Waals surface area contributed by atoms with Crippen LogP contribution in [0.15, 0.2) is 24.4 Å². The summed E-state index contributed by atoms with van der Waals surface area (Å²) in [5, 5.41) is 0. The zero-order valence-corrected chi connectivity index (χ0v) is 11.9. The molecule has 0 fully saturated rings. The number of carbonyl (C=O) groups excluding carboxylic acids is 1. The Morgan fingerprint density at radius 2 is 2.11 bits per heavy atom. The Balaban J connectivity index is 2.52. The maximum Gasteiger partial charge on any atom is 0.355 e. The Morgan fingerprint density at radius 3 is 2.74 bits per heavy atom. The first-order valence-corrected chi connectivity index (χ1v) is 6.35. The summed E-state index contributed by atoms with van der Waals surface area (Å²) in [7, 11) is 6.31. The maximum atomic E-state index is 12.0. The Kier molecular flexibility index (Phi) is 3.57. The summed E-state index contributed by atoms with van der Waals surface area (Å²) in [5.41, 5.74) is 2.31. The lowest BCUT2D eigenvalue weighted by Gasteiger charge is -2.23. The first-order valence-electron chi connectivity index (χ1n) is 6.35. The molecule has 0 saturated carbocycles. The van der Waals surface area contributed by atoms with Gasteiger partial charge in [0.15, 0.2) is 0 Å². The Bertz CT molecular complexity index is 596. The number of nitrogens with zero attached hydrogens (tertiary/aromatic N) is 3. The van der Waals surface area contributed by atoms with Crippen molar-refractivity contribution < 1.29 is 14.0 Å². The third-order valence-corrected chi connectivity index (χ3v) is 2.72. The van der Waals surface area contributed by atoms with Gasteiger partial charge in [0, 0.05) is 0 Å². The van der Waals surface area contributed by atoms with E-state index in [4.69, 9.17) is 4.74 Å². The van der Waals surface area contributed by atoms with E-state index in [9.17, 15) is 4.79 Å². The van der Waals surface area contributed by atoms with Crippen molar-refractivity contribution in [3.63, 3.8) is 0 Å². The van der Waals surface area contributed by atoms with Gasteiger partial charge in [-0.05, 0) is 19.1 Å². The van der Waals surface area contributed by atoms with Crippen molar-refractivity contribution in [2.24, 2.45) is 0 Å². The van der Waals surface area contributed by atoms with Crippen LogP contribution in [0, 0.1) is 0 Å². The van der Waals surface area contributed by atoms with E-state index in [-0.39, 0.29) is 5.97 Å². The zero-order chi connectivity index (χ0) is 14.0. The molecule has 2 rings (SSSR count). The minimum absolute atomic E-state index is 0.311. The number of imidazole rings is 1. The third kappa shape index (κ3) is 2.93. The average molecular weight is 262 g/mol. The lowest BCUT2D eigenvalue weighted by Crippen LogP contribution is -2.34. The highest BCUT2D eigenvalue weighted by molar-refractivity contribution is 5.88. The van der Waals surface area contributed by atoms with Gasteiger partial charge in [0.25, 0.3) is 0 Å². The Labute approximate surface area is 113 Å². The number of fused-ring (bicyclic) bond motifs is 1. The number of hydrogen-bond acceptors (Lipinski definition) is 3. The minimum atomic E-state index is -0.311. The monoisotopic (exact) mass is 262 g/mol. The van der Waals surface area contributed by atoms with E-state index in [0.29, 0.717) is 12.3 Å². The molecule has 0 aliphatic carbocycles. The molecular formula is C14H20N3O2+. The topological polar surface area (TPSA) is 43.6 Å². The van der Waals surface area contributed by atoms with Crippen LogP contribution in [0.1, 0.15) is 23.1 Å². The van der Waals surface area contributed by atoms with Crippen molar-refractivity contribution in [2.45, 2.75) is 13.5 Å². The largest absolute Gasteiger partial charge is 0.461 e. The van der Waals surface area contributed by atoms with E-state index < -0.39 is 0 Å². The Hall–Kier alpha value is -1.88. The maximum absolute atomic E-state index is 12.0. The molecule has 0 aliphatic heterocycles. The lowest BCUT2D eigenvalue weighted by atomic mass is 10.3. The quantitative estimate of drug-likeness (QED) is 0.622. The molecule has 102 valence electrons. The molecule has 2 aromatic rings. The van der Waals surface area contributed by atoms with Gasteiger partial charge >= 0.3 is 5.97 Å². The summed E-state index contributed by atoms with van der Waals surface area (Å²) in [6.45, 7) is 2.96. The van der Waals surface area contributed by atoms with Crippen molar-refractivity contribution in [1.82, 2.24) is 9.38 Å². The van der Waals surface area contributed by atoms with Crippen molar-refractivity contribution in [1.29, 1.82) is 0 Å². The predicted molar refractivity (Wildman–Crippen MR) is 72.9 cm³/mol. The third-order valence-electron chi connectivity index (χ3n) is 2.72. The number of quaternary nitrogens is 1. The normalized spacial score (nSPS) is 11.8. The van der Waals surface area contributed by atoms with Crippen molar-refractivity contribution in [3.8, 4) is 0 Å². The number of hydrogen-bond donors (Lipinski definition) is 0. The van der Waals surface area contributed by atoms with Crippen LogP contribution in [0.2, 0.25) is 0 Å². The summed E-state index contributed by atoms with van der Waals surface area (Å²) in [5.74, 6) is -0.311. The summed E-state index contributed by atoms with van der Waals surface area (Å²) in [6, 6.07) is 5.48. The van der Waals surface area contributed by atoms with Gasteiger partial charge in [-0.15, -0.1) is 0 Å². The number of pyridine rings is 1. The predicted octanol–water partition coefficient (Wildman–Crippen LogP) is 1.72. The molecule has 0 aliphatic rings.